The molecular formula is C23H29N3S. The molecule has 0 bridgehead atoms. The van der Waals surface area contributed by atoms with Gasteiger partial charge in [-0.25, -0.2) is 4.98 Å². The van der Waals surface area contributed by atoms with Gasteiger partial charge in [-0.3, -0.25) is 0 Å². The van der Waals surface area contributed by atoms with E-state index in [-0.39, 0.29) is 0 Å². The highest BCUT2D eigenvalue weighted by Gasteiger charge is 2.06. The first-order chi connectivity index (χ1) is 13.2. The van der Waals surface area contributed by atoms with Crippen LogP contribution in [0.4, 0.5) is 11.4 Å². The molecule has 1 aromatic heterocycles. The Morgan fingerprint density at radius 3 is 2.00 bits per heavy atom. The van der Waals surface area contributed by atoms with Gasteiger partial charge in [0, 0.05) is 37.6 Å². The van der Waals surface area contributed by atoms with Crippen LogP contribution in [-0.2, 0) is 0 Å². The first kappa shape index (κ1) is 19.4. The first-order valence-corrected chi connectivity index (χ1v) is 10.7. The molecule has 0 atom stereocenters. The molecule has 142 valence electrons. The van der Waals surface area contributed by atoms with Crippen molar-refractivity contribution >= 4 is 45.1 Å². The fourth-order valence-electron chi connectivity index (χ4n) is 3.34. The lowest BCUT2D eigenvalue weighted by molar-refractivity contribution is 0.866. The summed E-state index contributed by atoms with van der Waals surface area (Å²) in [5, 5.41) is 1.05. The highest BCUT2D eigenvalue weighted by Crippen LogP contribution is 2.28. The predicted molar refractivity (Wildman–Crippen MR) is 122 cm³/mol. The van der Waals surface area contributed by atoms with Gasteiger partial charge in [0.05, 0.1) is 10.2 Å². The minimum atomic E-state index is 1.02. The van der Waals surface area contributed by atoms with Crippen LogP contribution in [0.1, 0.15) is 38.3 Å². The third-order valence-corrected chi connectivity index (χ3v) is 5.96. The van der Waals surface area contributed by atoms with Crippen molar-refractivity contribution in [2.75, 3.05) is 36.0 Å². The largest absolute Gasteiger partial charge is 0.372 e. The fourth-order valence-corrected chi connectivity index (χ4v) is 4.19. The summed E-state index contributed by atoms with van der Waals surface area (Å²) in [5.41, 5.74) is 4.82. The van der Waals surface area contributed by atoms with Gasteiger partial charge in [-0.1, -0.05) is 18.2 Å². The maximum absolute atomic E-state index is 4.81. The van der Waals surface area contributed by atoms with E-state index in [1.54, 1.807) is 11.3 Å². The Hall–Kier alpha value is -2.33. The molecule has 0 saturated carbocycles. The third-order valence-electron chi connectivity index (χ3n) is 4.96. The van der Waals surface area contributed by atoms with Gasteiger partial charge in [0.1, 0.15) is 5.01 Å². The summed E-state index contributed by atoms with van der Waals surface area (Å²) in [7, 11) is 0. The Morgan fingerprint density at radius 2 is 1.37 bits per heavy atom. The summed E-state index contributed by atoms with van der Waals surface area (Å²) in [5.74, 6) is 0. The summed E-state index contributed by atoms with van der Waals surface area (Å²) in [6.07, 6.45) is 4.27. The number of hydrogen-bond acceptors (Lipinski definition) is 4. The van der Waals surface area contributed by atoms with Crippen LogP contribution in [0.15, 0.2) is 42.5 Å². The molecule has 3 aromatic rings. The second-order valence-corrected chi connectivity index (χ2v) is 7.54. The lowest BCUT2D eigenvalue weighted by atomic mass is 10.2. The van der Waals surface area contributed by atoms with Gasteiger partial charge in [-0.15, -0.1) is 11.3 Å². The van der Waals surface area contributed by atoms with E-state index in [2.05, 4.69) is 92.1 Å². The molecule has 0 unspecified atom stereocenters. The number of rotatable bonds is 8. The molecule has 0 radical (unpaired) electrons. The second-order valence-electron chi connectivity index (χ2n) is 6.47. The number of benzene rings is 2. The van der Waals surface area contributed by atoms with E-state index in [0.29, 0.717) is 0 Å². The van der Waals surface area contributed by atoms with E-state index in [9.17, 15) is 0 Å². The maximum atomic E-state index is 4.81. The van der Waals surface area contributed by atoms with E-state index in [1.165, 1.54) is 21.6 Å². The quantitative estimate of drug-likeness (QED) is 0.467. The van der Waals surface area contributed by atoms with Crippen LogP contribution in [0.25, 0.3) is 22.4 Å². The van der Waals surface area contributed by atoms with Gasteiger partial charge in [-0.2, -0.15) is 0 Å². The number of nitrogens with zero attached hydrogens (tertiary/aromatic N) is 3. The van der Waals surface area contributed by atoms with Crippen LogP contribution in [0, 0.1) is 0 Å². The molecule has 0 aliphatic heterocycles. The average Bonchev–Trinajstić information content (AvgIpc) is 3.11. The Bertz CT molecular complexity index is 888. The number of thiazole rings is 1. The van der Waals surface area contributed by atoms with Gasteiger partial charge in [0.15, 0.2) is 0 Å². The topological polar surface area (TPSA) is 19.4 Å². The van der Waals surface area contributed by atoms with Crippen molar-refractivity contribution in [1.29, 1.82) is 0 Å². The van der Waals surface area contributed by atoms with Crippen molar-refractivity contribution in [2.24, 2.45) is 0 Å². The van der Waals surface area contributed by atoms with Crippen LogP contribution >= 0.6 is 11.3 Å². The van der Waals surface area contributed by atoms with Gasteiger partial charge in [0.2, 0.25) is 0 Å². The molecule has 0 aliphatic carbocycles. The molecule has 0 amide bonds. The Morgan fingerprint density at radius 1 is 0.778 bits per heavy atom. The van der Waals surface area contributed by atoms with Crippen LogP contribution in [0.2, 0.25) is 0 Å². The number of fused-ring (bicyclic) bond motifs is 1. The average molecular weight is 380 g/mol. The Kier molecular flexibility index (Phi) is 6.51. The zero-order valence-corrected chi connectivity index (χ0v) is 17.6. The molecule has 27 heavy (non-hydrogen) atoms. The van der Waals surface area contributed by atoms with E-state index in [1.807, 2.05) is 0 Å². The van der Waals surface area contributed by atoms with Gasteiger partial charge < -0.3 is 9.80 Å². The molecule has 3 nitrogen and oxygen atoms in total. The van der Waals surface area contributed by atoms with Gasteiger partial charge in [-0.05, 0) is 69.7 Å². The summed E-state index contributed by atoms with van der Waals surface area (Å²) in [6, 6.07) is 15.3. The molecule has 0 saturated heterocycles. The SMILES string of the molecule is CCN(CC)c1ccc(C=Cc2nc3cc(N(CC)CC)ccc3s2)cc1. The zero-order chi connectivity index (χ0) is 19.2. The number of hydrogen-bond donors (Lipinski definition) is 0. The Labute approximate surface area is 167 Å². The van der Waals surface area contributed by atoms with Crippen molar-refractivity contribution in [3.8, 4) is 0 Å². The van der Waals surface area contributed by atoms with Gasteiger partial charge in [0.25, 0.3) is 0 Å². The minimum absolute atomic E-state index is 1.02. The van der Waals surface area contributed by atoms with E-state index in [0.717, 1.165) is 36.7 Å². The molecule has 0 N–H and O–H groups in total. The van der Waals surface area contributed by atoms with Crippen molar-refractivity contribution < 1.29 is 0 Å². The predicted octanol–water partition coefficient (Wildman–Crippen LogP) is 6.16. The lowest BCUT2D eigenvalue weighted by Gasteiger charge is -2.20. The molecule has 0 fully saturated rings. The molecule has 3 rings (SSSR count). The first-order valence-electron chi connectivity index (χ1n) is 9.87. The lowest BCUT2D eigenvalue weighted by Crippen LogP contribution is -2.21. The summed E-state index contributed by atoms with van der Waals surface area (Å²) in [6.45, 7) is 12.9. The van der Waals surface area contributed by atoms with Crippen molar-refractivity contribution in [3.63, 3.8) is 0 Å². The van der Waals surface area contributed by atoms with Crippen molar-refractivity contribution in [2.45, 2.75) is 27.7 Å². The maximum Gasteiger partial charge on any atom is 0.117 e. The minimum Gasteiger partial charge on any atom is -0.372 e. The summed E-state index contributed by atoms with van der Waals surface area (Å²) >= 11 is 1.74. The van der Waals surface area contributed by atoms with Crippen LogP contribution in [0.3, 0.4) is 0 Å². The van der Waals surface area contributed by atoms with Gasteiger partial charge >= 0.3 is 0 Å². The molecule has 4 heteroatoms. The fraction of sp³-hybridized carbons (Fsp3) is 0.348. The van der Waals surface area contributed by atoms with Crippen molar-refractivity contribution in [3.05, 3.63) is 53.0 Å². The normalized spacial score (nSPS) is 11.4. The standard InChI is InChI=1S/C23H29N3S/c1-5-25(6-2)19-12-9-18(10-13-19)11-16-23-24-21-17-20(26(7-3)8-4)14-15-22(21)27-23/h9-17H,5-8H2,1-4H3. The van der Waals surface area contributed by atoms with Crippen LogP contribution in [0.5, 0.6) is 0 Å². The number of aromatic nitrogens is 1. The summed E-state index contributed by atoms with van der Waals surface area (Å²) in [4.78, 5) is 9.52. The second kappa shape index (κ2) is 9.05. The monoisotopic (exact) mass is 379 g/mol. The zero-order valence-electron chi connectivity index (χ0n) is 16.8. The molecule has 2 aromatic carbocycles. The smallest absolute Gasteiger partial charge is 0.117 e. The highest BCUT2D eigenvalue weighted by molar-refractivity contribution is 7.19. The molecular weight excluding hydrogens is 350 g/mol. The number of anilines is 2. The highest BCUT2D eigenvalue weighted by atomic mass is 32.1. The van der Waals surface area contributed by atoms with E-state index >= 15 is 0 Å². The molecule has 0 aliphatic rings. The Balaban J connectivity index is 1.77. The van der Waals surface area contributed by atoms with Crippen LogP contribution in [-0.4, -0.2) is 31.2 Å². The van der Waals surface area contributed by atoms with Crippen molar-refractivity contribution in [1.82, 2.24) is 4.98 Å². The van der Waals surface area contributed by atoms with E-state index < -0.39 is 0 Å². The van der Waals surface area contributed by atoms with Crippen LogP contribution < -0.4 is 9.80 Å². The van der Waals surface area contributed by atoms with E-state index in [4.69, 9.17) is 4.98 Å². The molecule has 0 spiro atoms. The summed E-state index contributed by atoms with van der Waals surface area (Å²) < 4.78 is 1.24. The third kappa shape index (κ3) is 4.51. The molecule has 1 heterocycles.